The molecule has 136 valence electrons. The molecule has 0 bridgehead atoms. The number of hydrogen-bond donors (Lipinski definition) is 1. The molecule has 3 atom stereocenters. The highest BCUT2D eigenvalue weighted by atomic mass is 32.2. The maximum atomic E-state index is 12.9. The topological polar surface area (TPSA) is 66.8 Å². The minimum atomic E-state index is -1.38. The highest BCUT2D eigenvalue weighted by molar-refractivity contribution is 8.22. The molecule has 0 aromatic rings. The molecule has 8 heteroatoms. The fraction of sp³-hybridized carbons (Fsp3) is 0.750. The van der Waals surface area contributed by atoms with Crippen LogP contribution >= 0.6 is 23.5 Å². The largest absolute Gasteiger partial charge is 0.477 e. The van der Waals surface area contributed by atoms with Crippen LogP contribution in [0.3, 0.4) is 0 Å². The van der Waals surface area contributed by atoms with Crippen molar-refractivity contribution in [2.75, 3.05) is 5.75 Å². The second-order valence-electron chi connectivity index (χ2n) is 7.59. The van der Waals surface area contributed by atoms with E-state index in [1.165, 1.54) is 28.4 Å². The zero-order valence-corrected chi connectivity index (χ0v) is 18.2. The van der Waals surface area contributed by atoms with Gasteiger partial charge in [-0.2, -0.15) is 0 Å². The third kappa shape index (κ3) is 3.06. The first kappa shape index (κ1) is 19.9. The van der Waals surface area contributed by atoms with Gasteiger partial charge in [-0.15, -0.1) is 11.8 Å². The maximum absolute atomic E-state index is 12.9. The molecule has 2 aliphatic heterocycles. The van der Waals surface area contributed by atoms with Gasteiger partial charge in [0.1, 0.15) is 5.37 Å². The first-order chi connectivity index (χ1) is 11.0. The first-order valence-electron chi connectivity index (χ1n) is 8.23. The monoisotopic (exact) mass is 389 g/mol. The van der Waals surface area contributed by atoms with Crippen LogP contribution in [0.2, 0.25) is 13.1 Å². The maximum Gasteiger partial charge on any atom is 0.354 e. The zero-order chi connectivity index (χ0) is 18.4. The smallest absolute Gasteiger partial charge is 0.354 e. The Morgan fingerprint density at radius 3 is 2.38 bits per heavy atom. The normalized spacial score (nSPS) is 26.5. The van der Waals surface area contributed by atoms with Crippen LogP contribution in [0.4, 0.5) is 0 Å². The number of amides is 1. The molecule has 24 heavy (non-hydrogen) atoms. The Balaban J connectivity index is 2.37. The Bertz CT molecular complexity index is 587. The van der Waals surface area contributed by atoms with Crippen LogP contribution in [0.15, 0.2) is 9.93 Å². The van der Waals surface area contributed by atoms with Crippen LogP contribution in [-0.4, -0.2) is 47.7 Å². The average molecular weight is 390 g/mol. The molecular weight excluding hydrogens is 362 g/mol. The summed E-state index contributed by atoms with van der Waals surface area (Å²) in [7, 11) is -1.38. The van der Waals surface area contributed by atoms with Crippen molar-refractivity contribution in [3.05, 3.63) is 9.93 Å². The van der Waals surface area contributed by atoms with Crippen molar-refractivity contribution in [1.29, 1.82) is 0 Å². The summed E-state index contributed by atoms with van der Waals surface area (Å²) in [5, 5.41) is 9.37. The molecule has 2 rings (SSSR count). The van der Waals surface area contributed by atoms with E-state index in [2.05, 4.69) is 33.9 Å². The molecule has 0 aromatic heterocycles. The summed E-state index contributed by atoms with van der Waals surface area (Å²) >= 11 is 3.00. The number of carboxylic acid groups (broad SMARTS) is 1. The average Bonchev–Trinajstić information content (AvgIpc) is 2.71. The Kier molecular flexibility index (Phi) is 5.55. The number of carbonyl (C=O) groups is 2. The van der Waals surface area contributed by atoms with Crippen molar-refractivity contribution in [3.63, 3.8) is 0 Å². The Morgan fingerprint density at radius 1 is 1.38 bits per heavy atom. The lowest BCUT2D eigenvalue weighted by molar-refractivity contribution is -0.173. The van der Waals surface area contributed by atoms with E-state index >= 15 is 0 Å². The van der Waals surface area contributed by atoms with Crippen molar-refractivity contribution in [2.24, 2.45) is 11.3 Å². The van der Waals surface area contributed by atoms with Crippen LogP contribution in [0, 0.1) is 11.3 Å². The fourth-order valence-electron chi connectivity index (χ4n) is 3.22. The standard InChI is InChI=1S/C16H27NO4S2Si/c1-8-22-14-10(13(19)20)17-11(18)9(12(17)23-14)16(5,15(2,3)4)21-24(6)7/h9,12,24H,8H2,1-7H3,(H,19,20)/t9-,12+,16?/m0/s1. The van der Waals surface area contributed by atoms with E-state index in [4.69, 9.17) is 4.43 Å². The number of carboxylic acids is 1. The van der Waals surface area contributed by atoms with E-state index in [1.54, 1.807) is 0 Å². The Hall–Kier alpha value is -0.443. The molecule has 2 aliphatic rings. The predicted octanol–water partition coefficient (Wildman–Crippen LogP) is 3.33. The summed E-state index contributed by atoms with van der Waals surface area (Å²) in [5.74, 6) is -0.681. The summed E-state index contributed by atoms with van der Waals surface area (Å²) < 4.78 is 7.12. The van der Waals surface area contributed by atoms with Gasteiger partial charge in [0, 0.05) is 0 Å². The zero-order valence-electron chi connectivity index (χ0n) is 15.4. The lowest BCUT2D eigenvalue weighted by atomic mass is 9.66. The van der Waals surface area contributed by atoms with Crippen LogP contribution in [0.25, 0.3) is 0 Å². The van der Waals surface area contributed by atoms with Gasteiger partial charge in [0.15, 0.2) is 14.7 Å². The minimum absolute atomic E-state index is 0.122. The van der Waals surface area contributed by atoms with E-state index in [1.807, 2.05) is 13.8 Å². The number of fused-ring (bicyclic) bond motifs is 1. The van der Waals surface area contributed by atoms with Gasteiger partial charge in [0.25, 0.3) is 0 Å². The van der Waals surface area contributed by atoms with Crippen molar-refractivity contribution in [2.45, 2.75) is 58.7 Å². The van der Waals surface area contributed by atoms with E-state index in [0.717, 1.165) is 9.99 Å². The van der Waals surface area contributed by atoms with Gasteiger partial charge < -0.3 is 9.53 Å². The predicted molar refractivity (Wildman–Crippen MR) is 102 cm³/mol. The Morgan fingerprint density at radius 2 is 1.96 bits per heavy atom. The molecule has 0 saturated carbocycles. The quantitative estimate of drug-likeness (QED) is 0.555. The number of β-lactam (4-membered cyclic amide) rings is 1. The minimum Gasteiger partial charge on any atom is -0.477 e. The molecule has 2 heterocycles. The molecule has 1 unspecified atom stereocenters. The number of thioether (sulfide) groups is 2. The fourth-order valence-corrected chi connectivity index (χ4v) is 7.55. The summed E-state index contributed by atoms with van der Waals surface area (Å²) in [5.41, 5.74) is -0.674. The van der Waals surface area contributed by atoms with Crippen LogP contribution in [0.1, 0.15) is 34.6 Å². The molecule has 1 N–H and O–H groups in total. The van der Waals surface area contributed by atoms with Crippen molar-refractivity contribution >= 4 is 44.4 Å². The van der Waals surface area contributed by atoms with Gasteiger partial charge in [-0.1, -0.05) is 39.5 Å². The molecule has 1 amide bonds. The molecule has 1 saturated heterocycles. The number of nitrogens with zero attached hydrogens (tertiary/aromatic N) is 1. The summed E-state index contributed by atoms with van der Waals surface area (Å²) in [6.07, 6.45) is 0. The van der Waals surface area contributed by atoms with Gasteiger partial charge in [0.05, 0.1) is 15.8 Å². The van der Waals surface area contributed by atoms with Crippen LogP contribution in [-0.2, 0) is 14.0 Å². The number of hydrogen-bond acceptors (Lipinski definition) is 5. The highest BCUT2D eigenvalue weighted by Crippen LogP contribution is 2.58. The van der Waals surface area contributed by atoms with Gasteiger partial charge >= 0.3 is 5.97 Å². The molecule has 0 aliphatic carbocycles. The molecular formula is C16H27NO4S2Si. The van der Waals surface area contributed by atoms with Crippen molar-refractivity contribution in [1.82, 2.24) is 4.90 Å². The second kappa shape index (κ2) is 6.70. The summed E-state index contributed by atoms with van der Waals surface area (Å²) in [4.78, 5) is 26.0. The van der Waals surface area contributed by atoms with Gasteiger partial charge in [-0.05, 0) is 31.2 Å². The van der Waals surface area contributed by atoms with Gasteiger partial charge in [-0.3, -0.25) is 9.69 Å². The lowest BCUT2D eigenvalue weighted by Gasteiger charge is -2.56. The van der Waals surface area contributed by atoms with Gasteiger partial charge in [0.2, 0.25) is 5.91 Å². The summed E-state index contributed by atoms with van der Waals surface area (Å²) in [6.45, 7) is 14.5. The number of carbonyl (C=O) groups excluding carboxylic acids is 1. The van der Waals surface area contributed by atoms with E-state index < -0.39 is 20.6 Å². The SMILES string of the molecule is CCSC1=C(C(=O)O)N2C(=O)[C@H](C(C)(O[SiH](C)C)C(C)(C)C)[C@H]2S1. The third-order valence-corrected chi connectivity index (χ3v) is 8.23. The number of rotatable bonds is 6. The third-order valence-electron chi connectivity index (χ3n) is 4.75. The molecule has 0 radical (unpaired) electrons. The van der Waals surface area contributed by atoms with E-state index in [9.17, 15) is 14.7 Å². The molecule has 5 nitrogen and oxygen atoms in total. The lowest BCUT2D eigenvalue weighted by Crippen LogP contribution is -2.69. The van der Waals surface area contributed by atoms with E-state index in [0.29, 0.717) is 0 Å². The Labute approximate surface area is 154 Å². The highest BCUT2D eigenvalue weighted by Gasteiger charge is 2.65. The van der Waals surface area contributed by atoms with Crippen LogP contribution < -0.4 is 0 Å². The molecule has 0 spiro atoms. The molecule has 1 fully saturated rings. The van der Waals surface area contributed by atoms with Crippen molar-refractivity contribution in [3.8, 4) is 0 Å². The number of aliphatic carboxylic acids is 1. The van der Waals surface area contributed by atoms with Crippen molar-refractivity contribution < 1.29 is 19.1 Å². The summed E-state index contributed by atoms with van der Waals surface area (Å²) in [6, 6.07) is 0. The first-order valence-corrected chi connectivity index (χ1v) is 12.9. The van der Waals surface area contributed by atoms with Crippen LogP contribution in [0.5, 0.6) is 0 Å². The second-order valence-corrected chi connectivity index (χ2v) is 12.6. The van der Waals surface area contributed by atoms with Gasteiger partial charge in [-0.25, -0.2) is 4.79 Å². The molecule has 0 aromatic carbocycles. The van der Waals surface area contributed by atoms with E-state index in [-0.39, 0.29) is 28.3 Å².